The summed E-state index contributed by atoms with van der Waals surface area (Å²) in [7, 11) is 2.63. The topological polar surface area (TPSA) is 102 Å². The molecule has 1 saturated carbocycles. The molecule has 4 rings (SSSR count). The van der Waals surface area contributed by atoms with E-state index < -0.39 is 5.54 Å². The number of aldehydes is 1. The summed E-state index contributed by atoms with van der Waals surface area (Å²) in [6.45, 7) is 7.68. The first-order valence-electron chi connectivity index (χ1n) is 10.9. The molecule has 0 bridgehead atoms. The maximum Gasteiger partial charge on any atom is 0.320 e. The van der Waals surface area contributed by atoms with Crippen LogP contribution in [0.3, 0.4) is 0 Å². The van der Waals surface area contributed by atoms with Gasteiger partial charge in [-0.2, -0.15) is 0 Å². The molecule has 2 aliphatic rings. The summed E-state index contributed by atoms with van der Waals surface area (Å²) in [5, 5.41) is 8.00. The van der Waals surface area contributed by atoms with Crippen molar-refractivity contribution >= 4 is 29.5 Å². The highest BCUT2D eigenvalue weighted by Gasteiger charge is 2.58. The van der Waals surface area contributed by atoms with Crippen molar-refractivity contribution in [1.29, 1.82) is 0 Å². The number of carbonyl (C=O) groups is 2. The molecule has 2 unspecified atom stereocenters. The summed E-state index contributed by atoms with van der Waals surface area (Å²) in [6.07, 6.45) is 5.48. The van der Waals surface area contributed by atoms with E-state index in [-0.39, 0.29) is 11.5 Å². The van der Waals surface area contributed by atoms with E-state index in [0.717, 1.165) is 37.3 Å². The third kappa shape index (κ3) is 5.37. The van der Waals surface area contributed by atoms with Crippen LogP contribution in [0.25, 0.3) is 10.9 Å². The number of hydroxylamine groups is 1. The first kappa shape index (κ1) is 25.5. The second kappa shape index (κ2) is 11.2. The van der Waals surface area contributed by atoms with Gasteiger partial charge in [0.1, 0.15) is 5.54 Å². The maximum atomic E-state index is 11.5. The summed E-state index contributed by atoms with van der Waals surface area (Å²) in [6, 6.07) is 9.68. The molecule has 1 aromatic carbocycles. The van der Waals surface area contributed by atoms with Crippen molar-refractivity contribution in [3.05, 3.63) is 36.0 Å². The number of hydrogen-bond donors (Lipinski definition) is 2. The minimum absolute atomic E-state index is 0.179. The van der Waals surface area contributed by atoms with Crippen molar-refractivity contribution in [3.63, 3.8) is 0 Å². The maximum absolute atomic E-state index is 11.5. The Morgan fingerprint density at radius 2 is 1.97 bits per heavy atom. The molecule has 2 N–H and O–H groups in total. The van der Waals surface area contributed by atoms with Crippen LogP contribution in [0, 0.1) is 5.92 Å². The SMILES string of the molecule is CC1(C)CCCCO1.CN=C(NOC=O)C1(n2c(C=O)cc3ccccc32)CC1C.CO. The van der Waals surface area contributed by atoms with Crippen LogP contribution < -0.4 is 5.48 Å². The van der Waals surface area contributed by atoms with Crippen LogP contribution in [-0.4, -0.2) is 54.6 Å². The first-order valence-corrected chi connectivity index (χ1v) is 10.9. The summed E-state index contributed by atoms with van der Waals surface area (Å²) < 4.78 is 7.45. The molecular formula is C24H35N3O5. The van der Waals surface area contributed by atoms with Crippen LogP contribution in [0.4, 0.5) is 0 Å². The van der Waals surface area contributed by atoms with Gasteiger partial charge in [0.25, 0.3) is 0 Å². The molecule has 1 aliphatic heterocycles. The van der Waals surface area contributed by atoms with Crippen molar-refractivity contribution < 1.29 is 24.3 Å². The van der Waals surface area contributed by atoms with Crippen molar-refractivity contribution in [1.82, 2.24) is 10.0 Å². The Morgan fingerprint density at radius 1 is 1.28 bits per heavy atom. The number of hydrogen-bond acceptors (Lipinski definition) is 6. The zero-order valence-electron chi connectivity index (χ0n) is 19.6. The third-order valence-electron chi connectivity index (χ3n) is 6.03. The number of nitrogens with one attached hydrogen (secondary N) is 1. The van der Waals surface area contributed by atoms with E-state index in [0.29, 0.717) is 18.0 Å². The van der Waals surface area contributed by atoms with Gasteiger partial charge < -0.3 is 19.2 Å². The standard InChI is InChI=1S/C16H17N3O3.C7H14O.CH4O/c1-11-8-16(11,15(17-2)18-22-10-21)19-13(9-20)7-12-5-3-4-6-14(12)19;1-7(2)5-3-4-6-8-7;1-2/h3-7,9-11H,8H2,1-2H3,(H,17,18);3-6H2,1-2H3;2H,1H3. The average molecular weight is 446 g/mol. The lowest BCUT2D eigenvalue weighted by Crippen LogP contribution is -2.40. The zero-order valence-corrected chi connectivity index (χ0v) is 19.6. The molecule has 176 valence electrons. The summed E-state index contributed by atoms with van der Waals surface area (Å²) in [5.41, 5.74) is 3.84. The average Bonchev–Trinajstić information content (AvgIpc) is 3.31. The predicted molar refractivity (Wildman–Crippen MR) is 125 cm³/mol. The molecule has 8 heteroatoms. The number of amidine groups is 1. The highest BCUT2D eigenvalue weighted by Crippen LogP contribution is 2.52. The fourth-order valence-electron chi connectivity index (χ4n) is 4.34. The highest BCUT2D eigenvalue weighted by atomic mass is 16.7. The Labute approximate surface area is 189 Å². The number of aromatic nitrogens is 1. The van der Waals surface area contributed by atoms with Gasteiger partial charge in [0.05, 0.1) is 11.3 Å². The van der Waals surface area contributed by atoms with Crippen molar-refractivity contribution in [2.45, 2.75) is 57.6 Å². The summed E-state index contributed by atoms with van der Waals surface area (Å²) in [5.74, 6) is 0.806. The van der Waals surface area contributed by atoms with E-state index in [1.54, 1.807) is 7.05 Å². The summed E-state index contributed by atoms with van der Waals surface area (Å²) in [4.78, 5) is 30.9. The molecule has 0 radical (unpaired) electrons. The number of rotatable bonds is 5. The van der Waals surface area contributed by atoms with E-state index in [2.05, 4.69) is 36.1 Å². The van der Waals surface area contributed by atoms with Crippen LogP contribution in [-0.2, 0) is 19.9 Å². The van der Waals surface area contributed by atoms with Crippen LogP contribution in [0.15, 0.2) is 35.3 Å². The van der Waals surface area contributed by atoms with Gasteiger partial charge in [0.15, 0.2) is 12.1 Å². The van der Waals surface area contributed by atoms with Crippen LogP contribution >= 0.6 is 0 Å². The Balaban J connectivity index is 0.000000304. The van der Waals surface area contributed by atoms with Gasteiger partial charge in [0.2, 0.25) is 0 Å². The lowest BCUT2D eigenvalue weighted by atomic mass is 9.99. The first-order chi connectivity index (χ1) is 15.4. The molecule has 0 amide bonds. The molecule has 2 atom stereocenters. The van der Waals surface area contributed by atoms with E-state index in [4.69, 9.17) is 9.84 Å². The molecule has 0 spiro atoms. The Morgan fingerprint density at radius 3 is 2.44 bits per heavy atom. The largest absolute Gasteiger partial charge is 0.400 e. The second-order valence-corrected chi connectivity index (χ2v) is 8.56. The van der Waals surface area contributed by atoms with Gasteiger partial charge in [-0.3, -0.25) is 14.6 Å². The number of fused-ring (bicyclic) bond motifs is 1. The Hall–Kier alpha value is -2.71. The lowest BCUT2D eigenvalue weighted by Gasteiger charge is -2.29. The van der Waals surface area contributed by atoms with Gasteiger partial charge >= 0.3 is 6.47 Å². The van der Waals surface area contributed by atoms with E-state index in [1.807, 2.05) is 34.9 Å². The van der Waals surface area contributed by atoms with E-state index in [9.17, 15) is 9.59 Å². The van der Waals surface area contributed by atoms with Crippen LogP contribution in [0.2, 0.25) is 0 Å². The molecule has 2 fully saturated rings. The lowest BCUT2D eigenvalue weighted by molar-refractivity contribution is -0.132. The summed E-state index contributed by atoms with van der Waals surface area (Å²) >= 11 is 0. The molecular weight excluding hydrogens is 410 g/mol. The van der Waals surface area contributed by atoms with Gasteiger partial charge in [-0.1, -0.05) is 25.1 Å². The van der Waals surface area contributed by atoms with Crippen molar-refractivity contribution in [2.75, 3.05) is 20.8 Å². The number of para-hydroxylation sites is 1. The van der Waals surface area contributed by atoms with Crippen molar-refractivity contribution in [2.24, 2.45) is 10.9 Å². The number of benzene rings is 1. The zero-order chi connectivity index (χ0) is 23.8. The smallest absolute Gasteiger partial charge is 0.320 e. The molecule has 2 aromatic rings. The second-order valence-electron chi connectivity index (χ2n) is 8.56. The number of aliphatic imine (C=N–C) groups is 1. The van der Waals surface area contributed by atoms with Crippen LogP contribution in [0.1, 0.15) is 56.9 Å². The molecule has 2 heterocycles. The van der Waals surface area contributed by atoms with Gasteiger partial charge in [-0.25, -0.2) is 5.48 Å². The number of carbonyl (C=O) groups excluding carboxylic acids is 2. The number of nitrogens with zero attached hydrogens (tertiary/aromatic N) is 2. The van der Waals surface area contributed by atoms with Gasteiger partial charge in [0, 0.05) is 31.7 Å². The van der Waals surface area contributed by atoms with Crippen molar-refractivity contribution in [3.8, 4) is 0 Å². The highest BCUT2D eigenvalue weighted by molar-refractivity contribution is 5.97. The number of aliphatic hydroxyl groups excluding tert-OH is 1. The number of aliphatic hydroxyl groups is 1. The Kier molecular flexibility index (Phi) is 8.98. The molecule has 1 aromatic heterocycles. The molecule has 1 aliphatic carbocycles. The number of ether oxygens (including phenoxy) is 1. The van der Waals surface area contributed by atoms with Crippen LogP contribution in [0.5, 0.6) is 0 Å². The monoisotopic (exact) mass is 445 g/mol. The van der Waals surface area contributed by atoms with E-state index >= 15 is 0 Å². The molecule has 32 heavy (non-hydrogen) atoms. The third-order valence-corrected chi connectivity index (χ3v) is 6.03. The molecule has 1 saturated heterocycles. The minimum Gasteiger partial charge on any atom is -0.400 e. The van der Waals surface area contributed by atoms with Gasteiger partial charge in [-0.05, 0) is 57.6 Å². The fourth-order valence-corrected chi connectivity index (χ4v) is 4.34. The molecule has 8 nitrogen and oxygen atoms in total. The van der Waals surface area contributed by atoms with E-state index in [1.165, 1.54) is 19.3 Å². The van der Waals surface area contributed by atoms with Gasteiger partial charge in [-0.15, -0.1) is 0 Å². The Bertz CT molecular complexity index is 929. The normalized spacial score (nSPS) is 23.7. The quantitative estimate of drug-likeness (QED) is 0.316. The predicted octanol–water partition coefficient (Wildman–Crippen LogP) is 3.47. The minimum atomic E-state index is -0.489. The fraction of sp³-hybridized carbons (Fsp3) is 0.542.